The van der Waals surface area contributed by atoms with Gasteiger partial charge in [-0.25, -0.2) is 4.68 Å². The summed E-state index contributed by atoms with van der Waals surface area (Å²) in [5.74, 6) is 0. The number of nitrogens with one attached hydrogen (secondary N) is 1. The van der Waals surface area contributed by atoms with Gasteiger partial charge in [-0.3, -0.25) is 9.89 Å². The lowest BCUT2D eigenvalue weighted by Crippen LogP contribution is -2.18. The summed E-state index contributed by atoms with van der Waals surface area (Å²) in [6.07, 6.45) is 3.00. The first-order chi connectivity index (χ1) is 8.16. The molecule has 1 aliphatic carbocycles. The molecule has 1 aliphatic rings. The van der Waals surface area contributed by atoms with E-state index in [4.69, 9.17) is 0 Å². The minimum absolute atomic E-state index is 0.114. The van der Waals surface area contributed by atoms with Crippen molar-refractivity contribution in [2.24, 2.45) is 0 Å². The van der Waals surface area contributed by atoms with E-state index in [2.05, 4.69) is 21.0 Å². The molecule has 0 radical (unpaired) electrons. The highest BCUT2D eigenvalue weighted by molar-refractivity contribution is 9.10. The predicted octanol–water partition coefficient (Wildman–Crippen LogP) is 2.73. The summed E-state index contributed by atoms with van der Waals surface area (Å²) in [6, 6.07) is 5.95. The van der Waals surface area contributed by atoms with Crippen LogP contribution in [0.4, 0.5) is 0 Å². The van der Waals surface area contributed by atoms with Gasteiger partial charge in [0.05, 0.1) is 5.69 Å². The maximum absolute atomic E-state index is 12.2. The quantitative estimate of drug-likeness (QED) is 0.862. The Hall–Kier alpha value is -1.29. The molecule has 0 fully saturated rings. The molecule has 0 aliphatic heterocycles. The van der Waals surface area contributed by atoms with E-state index in [-0.39, 0.29) is 5.56 Å². The molecule has 88 valence electrons. The van der Waals surface area contributed by atoms with E-state index in [0.717, 1.165) is 46.2 Å². The summed E-state index contributed by atoms with van der Waals surface area (Å²) in [5.41, 5.74) is 4.21. The minimum atomic E-state index is 0.114. The summed E-state index contributed by atoms with van der Waals surface area (Å²) in [5, 5.41) is 3.23. The van der Waals surface area contributed by atoms with Gasteiger partial charge in [0.15, 0.2) is 0 Å². The number of hydrogen-bond acceptors (Lipinski definition) is 1. The number of aromatic amines is 1. The second kappa shape index (κ2) is 3.88. The van der Waals surface area contributed by atoms with Gasteiger partial charge in [0.2, 0.25) is 0 Å². The summed E-state index contributed by atoms with van der Waals surface area (Å²) >= 11 is 3.43. The van der Waals surface area contributed by atoms with Crippen molar-refractivity contribution in [3.63, 3.8) is 0 Å². The van der Waals surface area contributed by atoms with Gasteiger partial charge in [0.1, 0.15) is 0 Å². The van der Waals surface area contributed by atoms with Crippen LogP contribution in [0.5, 0.6) is 0 Å². The third-order valence-electron chi connectivity index (χ3n) is 3.33. The third kappa shape index (κ3) is 1.67. The van der Waals surface area contributed by atoms with E-state index in [0.29, 0.717) is 0 Å². The van der Waals surface area contributed by atoms with Crippen molar-refractivity contribution in [3.8, 4) is 5.69 Å². The lowest BCUT2D eigenvalue weighted by molar-refractivity contribution is 0.776. The van der Waals surface area contributed by atoms with Crippen molar-refractivity contribution in [2.75, 3.05) is 0 Å². The first kappa shape index (κ1) is 10.8. The molecule has 2 aromatic rings. The van der Waals surface area contributed by atoms with Crippen molar-refractivity contribution in [1.29, 1.82) is 0 Å². The smallest absolute Gasteiger partial charge is 0.274 e. The second-order valence-electron chi connectivity index (χ2n) is 4.49. The zero-order chi connectivity index (χ0) is 12.0. The molecule has 0 saturated carbocycles. The average Bonchev–Trinajstić information content (AvgIpc) is 2.83. The molecule has 1 N–H and O–H groups in total. The van der Waals surface area contributed by atoms with Crippen molar-refractivity contribution >= 4 is 15.9 Å². The fourth-order valence-electron chi connectivity index (χ4n) is 2.46. The van der Waals surface area contributed by atoms with Crippen LogP contribution in [0.15, 0.2) is 27.5 Å². The van der Waals surface area contributed by atoms with Gasteiger partial charge < -0.3 is 0 Å². The number of benzene rings is 1. The zero-order valence-corrected chi connectivity index (χ0v) is 11.2. The molecule has 3 nitrogen and oxygen atoms in total. The zero-order valence-electron chi connectivity index (χ0n) is 9.59. The van der Waals surface area contributed by atoms with E-state index >= 15 is 0 Å². The number of halogens is 1. The van der Waals surface area contributed by atoms with Gasteiger partial charge in [-0.05, 0) is 49.9 Å². The maximum atomic E-state index is 12.2. The van der Waals surface area contributed by atoms with E-state index in [9.17, 15) is 4.79 Å². The van der Waals surface area contributed by atoms with Crippen LogP contribution in [-0.4, -0.2) is 9.78 Å². The first-order valence-electron chi connectivity index (χ1n) is 5.76. The van der Waals surface area contributed by atoms with Gasteiger partial charge in [0, 0.05) is 15.7 Å². The van der Waals surface area contributed by atoms with Crippen molar-refractivity contribution in [2.45, 2.75) is 26.2 Å². The van der Waals surface area contributed by atoms with Crippen molar-refractivity contribution < 1.29 is 0 Å². The summed E-state index contributed by atoms with van der Waals surface area (Å²) in [7, 11) is 0. The Balaban J connectivity index is 2.19. The number of rotatable bonds is 1. The van der Waals surface area contributed by atoms with Crippen LogP contribution in [0, 0.1) is 6.92 Å². The van der Waals surface area contributed by atoms with Crippen LogP contribution in [0.1, 0.15) is 23.2 Å². The molecule has 1 aromatic heterocycles. The lowest BCUT2D eigenvalue weighted by atomic mass is 10.2. The highest BCUT2D eigenvalue weighted by Gasteiger charge is 2.20. The largest absolute Gasteiger partial charge is 0.295 e. The predicted molar refractivity (Wildman–Crippen MR) is 70.9 cm³/mol. The van der Waals surface area contributed by atoms with Crippen LogP contribution in [-0.2, 0) is 12.8 Å². The Labute approximate surface area is 108 Å². The molecule has 1 aromatic carbocycles. The lowest BCUT2D eigenvalue weighted by Gasteiger charge is -2.06. The van der Waals surface area contributed by atoms with E-state index in [1.165, 1.54) is 0 Å². The van der Waals surface area contributed by atoms with E-state index in [1.54, 1.807) is 4.68 Å². The number of fused-ring (bicyclic) bond motifs is 1. The highest BCUT2D eigenvalue weighted by Crippen LogP contribution is 2.21. The van der Waals surface area contributed by atoms with Crippen LogP contribution >= 0.6 is 15.9 Å². The number of nitrogens with zero attached hydrogens (tertiary/aromatic N) is 1. The van der Waals surface area contributed by atoms with Crippen LogP contribution < -0.4 is 5.56 Å². The van der Waals surface area contributed by atoms with Crippen molar-refractivity contribution in [3.05, 3.63) is 49.8 Å². The Morgan fingerprint density at radius 3 is 2.88 bits per heavy atom. The molecule has 0 atom stereocenters. The fraction of sp³-hybridized carbons (Fsp3) is 0.308. The normalized spacial score (nSPS) is 14.0. The molecule has 0 saturated heterocycles. The monoisotopic (exact) mass is 292 g/mol. The number of aromatic nitrogens is 2. The SMILES string of the molecule is Cc1cc(Br)ccc1-n1[nH]c2c(c1=O)CCC2. The molecule has 4 heteroatoms. The highest BCUT2D eigenvalue weighted by atomic mass is 79.9. The van der Waals surface area contributed by atoms with Gasteiger partial charge >= 0.3 is 0 Å². The number of H-pyrrole nitrogens is 1. The molecule has 0 amide bonds. The number of hydrogen-bond donors (Lipinski definition) is 1. The number of aryl methyl sites for hydroxylation is 2. The molecule has 0 bridgehead atoms. The summed E-state index contributed by atoms with van der Waals surface area (Å²) in [6.45, 7) is 2.01. The topological polar surface area (TPSA) is 37.8 Å². The second-order valence-corrected chi connectivity index (χ2v) is 5.41. The molecular weight excluding hydrogens is 280 g/mol. The molecular formula is C13H13BrN2O. The van der Waals surface area contributed by atoms with Gasteiger partial charge in [-0.1, -0.05) is 15.9 Å². The minimum Gasteiger partial charge on any atom is -0.295 e. The Bertz CT molecular complexity index is 639. The fourth-order valence-corrected chi connectivity index (χ4v) is 2.94. The van der Waals surface area contributed by atoms with E-state index in [1.807, 2.05) is 25.1 Å². The van der Waals surface area contributed by atoms with Crippen LogP contribution in [0.2, 0.25) is 0 Å². The van der Waals surface area contributed by atoms with Crippen LogP contribution in [0.3, 0.4) is 0 Å². The average molecular weight is 293 g/mol. The molecule has 3 rings (SSSR count). The summed E-state index contributed by atoms with van der Waals surface area (Å²) < 4.78 is 2.71. The molecule has 0 unspecified atom stereocenters. The van der Waals surface area contributed by atoms with E-state index < -0.39 is 0 Å². The molecule has 1 heterocycles. The Kier molecular flexibility index (Phi) is 2.47. The Morgan fingerprint density at radius 1 is 1.35 bits per heavy atom. The molecule has 0 spiro atoms. The summed E-state index contributed by atoms with van der Waals surface area (Å²) in [4.78, 5) is 12.2. The molecule has 17 heavy (non-hydrogen) atoms. The first-order valence-corrected chi connectivity index (χ1v) is 6.55. The van der Waals surface area contributed by atoms with Gasteiger partial charge in [0.25, 0.3) is 5.56 Å². The van der Waals surface area contributed by atoms with Crippen molar-refractivity contribution in [1.82, 2.24) is 9.78 Å². The maximum Gasteiger partial charge on any atom is 0.274 e. The Morgan fingerprint density at radius 2 is 2.18 bits per heavy atom. The standard InChI is InChI=1S/C13H13BrN2O/c1-8-7-9(14)5-6-12(8)16-13(17)10-3-2-4-11(10)15-16/h5-7,15H,2-4H2,1H3. The van der Waals surface area contributed by atoms with Gasteiger partial charge in [-0.15, -0.1) is 0 Å². The third-order valence-corrected chi connectivity index (χ3v) is 3.82. The van der Waals surface area contributed by atoms with Gasteiger partial charge in [-0.2, -0.15) is 0 Å². The van der Waals surface area contributed by atoms with Crippen LogP contribution in [0.25, 0.3) is 5.69 Å².